The van der Waals surface area contributed by atoms with Crippen molar-refractivity contribution in [3.8, 4) is 0 Å². The molecule has 2 bridgehead atoms. The lowest BCUT2D eigenvalue weighted by Gasteiger charge is -2.31. The Kier molecular flexibility index (Phi) is 2.62. The lowest BCUT2D eigenvalue weighted by atomic mass is 9.89. The maximum atomic E-state index is 12.6. The highest BCUT2D eigenvalue weighted by Gasteiger charge is 2.55. The van der Waals surface area contributed by atoms with Crippen molar-refractivity contribution in [2.24, 2.45) is 5.92 Å². The largest absolute Gasteiger partial charge is 0.481 e. The van der Waals surface area contributed by atoms with E-state index in [0.29, 0.717) is 13.0 Å². The van der Waals surface area contributed by atoms with Gasteiger partial charge in [0.1, 0.15) is 5.60 Å². The third-order valence-electron chi connectivity index (χ3n) is 4.76. The van der Waals surface area contributed by atoms with Crippen molar-refractivity contribution >= 4 is 11.9 Å². The zero-order valence-electron chi connectivity index (χ0n) is 10.6. The second kappa shape index (κ2) is 3.95. The normalized spacial score (nSPS) is 42.5. The van der Waals surface area contributed by atoms with E-state index in [1.807, 2.05) is 11.8 Å². The van der Waals surface area contributed by atoms with E-state index in [0.717, 1.165) is 25.7 Å². The molecule has 3 aliphatic heterocycles. The van der Waals surface area contributed by atoms with E-state index >= 15 is 0 Å². The summed E-state index contributed by atoms with van der Waals surface area (Å²) in [4.78, 5) is 25.6. The summed E-state index contributed by atoms with van der Waals surface area (Å²) in [6.07, 6.45) is 4.04. The first-order chi connectivity index (χ1) is 8.53. The van der Waals surface area contributed by atoms with Crippen molar-refractivity contribution in [2.45, 2.75) is 56.7 Å². The highest BCUT2D eigenvalue weighted by molar-refractivity contribution is 5.87. The minimum atomic E-state index is -0.766. The Morgan fingerprint density at radius 2 is 2.17 bits per heavy atom. The van der Waals surface area contributed by atoms with Gasteiger partial charge < -0.3 is 14.7 Å². The van der Waals surface area contributed by atoms with Gasteiger partial charge in [-0.25, -0.2) is 0 Å². The predicted molar refractivity (Wildman–Crippen MR) is 63.0 cm³/mol. The van der Waals surface area contributed by atoms with E-state index in [1.165, 1.54) is 0 Å². The molecule has 100 valence electrons. The van der Waals surface area contributed by atoms with Crippen LogP contribution in [0.5, 0.6) is 0 Å². The van der Waals surface area contributed by atoms with Gasteiger partial charge in [0.25, 0.3) is 5.91 Å². The van der Waals surface area contributed by atoms with Gasteiger partial charge in [-0.2, -0.15) is 0 Å². The van der Waals surface area contributed by atoms with Crippen LogP contribution in [0.25, 0.3) is 0 Å². The molecule has 1 N–H and O–H groups in total. The van der Waals surface area contributed by atoms with Crippen molar-refractivity contribution in [2.75, 3.05) is 6.61 Å². The molecule has 4 unspecified atom stereocenters. The Morgan fingerprint density at radius 1 is 1.39 bits per heavy atom. The molecule has 3 heterocycles. The number of ether oxygens (including phenoxy) is 1. The van der Waals surface area contributed by atoms with Gasteiger partial charge in [-0.3, -0.25) is 9.59 Å². The number of carboxylic acids is 1. The minimum Gasteiger partial charge on any atom is -0.481 e. The van der Waals surface area contributed by atoms with Crippen LogP contribution in [0.1, 0.15) is 39.0 Å². The van der Waals surface area contributed by atoms with E-state index in [-0.39, 0.29) is 23.9 Å². The summed E-state index contributed by atoms with van der Waals surface area (Å²) < 4.78 is 5.60. The van der Waals surface area contributed by atoms with Gasteiger partial charge in [-0.1, -0.05) is 0 Å². The quantitative estimate of drug-likeness (QED) is 0.798. The summed E-state index contributed by atoms with van der Waals surface area (Å²) in [5, 5.41) is 9.20. The number of fused-ring (bicyclic) bond motifs is 2. The van der Waals surface area contributed by atoms with Crippen molar-refractivity contribution in [3.05, 3.63) is 0 Å². The summed E-state index contributed by atoms with van der Waals surface area (Å²) in [6, 6.07) is 0.00523. The van der Waals surface area contributed by atoms with Crippen LogP contribution in [0.3, 0.4) is 0 Å². The van der Waals surface area contributed by atoms with Gasteiger partial charge in [0, 0.05) is 18.7 Å². The summed E-state index contributed by atoms with van der Waals surface area (Å²) in [6.45, 7) is 2.48. The molecular formula is C13H19NO4. The molecular weight excluding hydrogens is 234 g/mol. The summed E-state index contributed by atoms with van der Waals surface area (Å²) in [5.74, 6) is -1.13. The van der Waals surface area contributed by atoms with Crippen molar-refractivity contribution in [1.29, 1.82) is 0 Å². The van der Waals surface area contributed by atoms with Crippen LogP contribution in [0, 0.1) is 5.92 Å². The molecule has 0 aromatic heterocycles. The number of aliphatic carboxylic acids is 1. The molecule has 3 rings (SSSR count). The summed E-state index contributed by atoms with van der Waals surface area (Å²) in [5.41, 5.74) is -0.714. The Balaban J connectivity index is 1.81. The molecule has 0 radical (unpaired) electrons. The molecule has 3 fully saturated rings. The third kappa shape index (κ3) is 1.56. The van der Waals surface area contributed by atoms with Gasteiger partial charge in [-0.15, -0.1) is 0 Å². The second-order valence-electron chi connectivity index (χ2n) is 5.87. The molecule has 0 aromatic rings. The third-order valence-corrected chi connectivity index (χ3v) is 4.76. The smallest absolute Gasteiger partial charge is 0.308 e. The Labute approximate surface area is 106 Å². The number of carbonyl (C=O) groups excluding carboxylic acids is 1. The molecule has 4 atom stereocenters. The van der Waals surface area contributed by atoms with Gasteiger partial charge in [0.2, 0.25) is 0 Å². The number of nitrogens with zero attached hydrogens (tertiary/aromatic N) is 1. The SMILES string of the molecule is CC1(C(=O)N2C3CCC2C(C(=O)O)C3)CCCO1. The first-order valence-corrected chi connectivity index (χ1v) is 6.72. The average molecular weight is 253 g/mol. The van der Waals surface area contributed by atoms with Crippen LogP contribution in [0.15, 0.2) is 0 Å². The van der Waals surface area contributed by atoms with Crippen molar-refractivity contribution in [1.82, 2.24) is 4.90 Å². The molecule has 0 aliphatic carbocycles. The zero-order chi connectivity index (χ0) is 12.9. The number of carbonyl (C=O) groups is 2. The summed E-state index contributed by atoms with van der Waals surface area (Å²) in [7, 11) is 0. The van der Waals surface area contributed by atoms with Gasteiger partial charge in [0.05, 0.1) is 5.92 Å². The van der Waals surface area contributed by atoms with Crippen molar-refractivity contribution < 1.29 is 19.4 Å². The van der Waals surface area contributed by atoms with E-state index in [4.69, 9.17) is 4.74 Å². The average Bonchev–Trinajstić information content (AvgIpc) is 3.02. The topological polar surface area (TPSA) is 66.8 Å². The fourth-order valence-electron chi connectivity index (χ4n) is 3.79. The Morgan fingerprint density at radius 3 is 2.72 bits per heavy atom. The maximum absolute atomic E-state index is 12.6. The molecule has 1 amide bonds. The monoisotopic (exact) mass is 253 g/mol. The fourth-order valence-corrected chi connectivity index (χ4v) is 3.79. The first-order valence-electron chi connectivity index (χ1n) is 6.72. The van der Waals surface area contributed by atoms with E-state index in [1.54, 1.807) is 0 Å². The van der Waals surface area contributed by atoms with E-state index < -0.39 is 11.6 Å². The summed E-state index contributed by atoms with van der Waals surface area (Å²) >= 11 is 0. The van der Waals surface area contributed by atoms with Crippen LogP contribution in [0.4, 0.5) is 0 Å². The first kappa shape index (κ1) is 12.0. The van der Waals surface area contributed by atoms with Gasteiger partial charge in [-0.05, 0) is 39.0 Å². The molecule has 0 aromatic carbocycles. The number of amides is 1. The second-order valence-corrected chi connectivity index (χ2v) is 5.87. The zero-order valence-corrected chi connectivity index (χ0v) is 10.6. The molecule has 5 heteroatoms. The van der Waals surface area contributed by atoms with E-state index in [9.17, 15) is 14.7 Å². The van der Waals surface area contributed by atoms with Crippen LogP contribution in [-0.2, 0) is 14.3 Å². The standard InChI is InChI=1S/C13H19NO4/c1-13(5-2-6-18-13)12(17)14-8-3-4-10(14)9(7-8)11(15)16/h8-10H,2-7H2,1H3,(H,15,16). The van der Waals surface area contributed by atoms with Crippen LogP contribution in [0.2, 0.25) is 0 Å². The number of carboxylic acid groups (broad SMARTS) is 1. The molecule has 0 saturated carbocycles. The predicted octanol–water partition coefficient (Wildman–Crippen LogP) is 1.02. The van der Waals surface area contributed by atoms with Crippen molar-refractivity contribution in [3.63, 3.8) is 0 Å². The molecule has 3 aliphatic rings. The number of hydrogen-bond acceptors (Lipinski definition) is 3. The lowest BCUT2D eigenvalue weighted by Crippen LogP contribution is -2.49. The fraction of sp³-hybridized carbons (Fsp3) is 0.846. The lowest BCUT2D eigenvalue weighted by molar-refractivity contribution is -0.153. The molecule has 0 spiro atoms. The highest BCUT2D eigenvalue weighted by Crippen LogP contribution is 2.44. The maximum Gasteiger partial charge on any atom is 0.308 e. The number of hydrogen-bond donors (Lipinski definition) is 1. The van der Waals surface area contributed by atoms with Gasteiger partial charge >= 0.3 is 5.97 Å². The molecule has 3 saturated heterocycles. The Bertz CT molecular complexity index is 388. The molecule has 5 nitrogen and oxygen atoms in total. The van der Waals surface area contributed by atoms with Gasteiger partial charge in [0.15, 0.2) is 0 Å². The van der Waals surface area contributed by atoms with Crippen LogP contribution in [-0.4, -0.2) is 46.2 Å². The number of rotatable bonds is 2. The highest BCUT2D eigenvalue weighted by atomic mass is 16.5. The van der Waals surface area contributed by atoms with E-state index in [2.05, 4.69) is 0 Å². The minimum absolute atomic E-state index is 0.0104. The Hall–Kier alpha value is -1.10. The van der Waals surface area contributed by atoms with Crippen LogP contribution >= 0.6 is 0 Å². The molecule has 18 heavy (non-hydrogen) atoms. The van der Waals surface area contributed by atoms with Crippen LogP contribution < -0.4 is 0 Å².